The minimum atomic E-state index is -2.29. The monoisotopic (exact) mass is 816 g/mol. The molecule has 4 amide bonds. The lowest BCUT2D eigenvalue weighted by Gasteiger charge is -2.26. The van der Waals surface area contributed by atoms with E-state index in [0.29, 0.717) is 21.6 Å². The van der Waals surface area contributed by atoms with Crippen molar-refractivity contribution in [3.05, 3.63) is 148 Å². The maximum Gasteiger partial charge on any atom is 0.307 e. The number of anilines is 1. The average molecular weight is 817 g/mol. The van der Waals surface area contributed by atoms with Gasteiger partial charge in [0, 0.05) is 29.8 Å². The molecule has 5 aromatic rings. The number of aliphatic hydroxyl groups is 2. The van der Waals surface area contributed by atoms with Crippen molar-refractivity contribution in [2.24, 2.45) is 5.92 Å². The number of rotatable bonds is 8. The molecule has 1 aromatic heterocycles. The molecule has 0 aliphatic carbocycles. The average Bonchev–Trinajstić information content (AvgIpc) is 3.76. The fourth-order valence-electron chi connectivity index (χ4n) is 6.79. The van der Waals surface area contributed by atoms with Gasteiger partial charge in [0.15, 0.2) is 18.0 Å². The smallest absolute Gasteiger partial charge is 0.307 e. The molecule has 0 unspecified atom stereocenters. The molecule has 2 aliphatic heterocycles. The number of carbonyl (C=O) groups excluding carboxylic acids is 5. The number of aliphatic hydroxyl groups excluding tert-OH is 2. The summed E-state index contributed by atoms with van der Waals surface area (Å²) < 4.78 is 0. The van der Waals surface area contributed by atoms with E-state index in [1.807, 2.05) is 54.6 Å². The van der Waals surface area contributed by atoms with E-state index in [1.165, 1.54) is 23.5 Å². The Kier molecular flexibility index (Phi) is 14.1. The van der Waals surface area contributed by atoms with Crippen LogP contribution in [0.4, 0.5) is 5.69 Å². The summed E-state index contributed by atoms with van der Waals surface area (Å²) in [5, 5.41) is 43.9. The normalized spacial score (nSPS) is 22.3. The Balaban J connectivity index is 1.37. The minimum Gasteiger partial charge on any atom is -0.481 e. The van der Waals surface area contributed by atoms with E-state index in [2.05, 4.69) is 21.3 Å². The van der Waals surface area contributed by atoms with Crippen molar-refractivity contribution >= 4 is 52.4 Å². The van der Waals surface area contributed by atoms with E-state index < -0.39 is 78.1 Å². The number of nitrogens with one attached hydrogen (secondary N) is 4. The molecular weight excluding hydrogens is 773 g/mol. The Morgan fingerprint density at radius 3 is 1.73 bits per heavy atom. The molecule has 0 saturated heterocycles. The second-order valence-corrected chi connectivity index (χ2v) is 15.4. The number of hydrogen-bond acceptors (Lipinski definition) is 9. The van der Waals surface area contributed by atoms with Gasteiger partial charge in [-0.3, -0.25) is 28.8 Å². The van der Waals surface area contributed by atoms with E-state index >= 15 is 0 Å². The lowest BCUT2D eigenvalue weighted by Crippen LogP contribution is -2.58. The van der Waals surface area contributed by atoms with Gasteiger partial charge in [0.2, 0.25) is 11.8 Å². The van der Waals surface area contributed by atoms with Crippen molar-refractivity contribution in [1.82, 2.24) is 16.0 Å². The van der Waals surface area contributed by atoms with Gasteiger partial charge in [0.1, 0.15) is 12.1 Å². The van der Waals surface area contributed by atoms with Crippen LogP contribution in [0.25, 0.3) is 11.1 Å². The van der Waals surface area contributed by atoms with E-state index in [9.17, 15) is 44.1 Å². The first-order valence-electron chi connectivity index (χ1n) is 19.1. The molecule has 0 radical (unpaired) electrons. The van der Waals surface area contributed by atoms with Gasteiger partial charge in [-0.25, -0.2) is 0 Å². The second-order valence-electron chi connectivity index (χ2n) is 14.4. The number of amides is 4. The molecule has 14 heteroatoms. The van der Waals surface area contributed by atoms with Crippen molar-refractivity contribution in [2.45, 2.75) is 62.4 Å². The van der Waals surface area contributed by atoms with Gasteiger partial charge in [0.25, 0.3) is 11.8 Å². The number of ketones is 1. The Hall–Kier alpha value is -6.48. The summed E-state index contributed by atoms with van der Waals surface area (Å²) in [5.74, 6) is -6.82. The number of carboxylic acids is 1. The molecule has 59 heavy (non-hydrogen) atoms. The molecule has 0 fully saturated rings. The highest BCUT2D eigenvalue weighted by Crippen LogP contribution is 2.22. The van der Waals surface area contributed by atoms with Crippen LogP contribution in [0.5, 0.6) is 0 Å². The molecule has 4 aromatic carbocycles. The maximum atomic E-state index is 14.4. The number of hydrogen-bond donors (Lipinski definition) is 7. The van der Waals surface area contributed by atoms with Gasteiger partial charge in [-0.1, -0.05) is 103 Å². The zero-order chi connectivity index (χ0) is 41.9. The van der Waals surface area contributed by atoms with Crippen molar-refractivity contribution < 1.29 is 44.1 Å². The van der Waals surface area contributed by atoms with Gasteiger partial charge in [0.05, 0.1) is 12.0 Å². The van der Waals surface area contributed by atoms with Crippen molar-refractivity contribution in [3.63, 3.8) is 0 Å². The molecule has 13 nitrogen and oxygen atoms in total. The van der Waals surface area contributed by atoms with Gasteiger partial charge >= 0.3 is 5.97 Å². The van der Waals surface area contributed by atoms with Gasteiger partial charge in [-0.05, 0) is 64.2 Å². The van der Waals surface area contributed by atoms with Crippen LogP contribution in [-0.2, 0) is 54.5 Å². The Morgan fingerprint density at radius 2 is 1.10 bits per heavy atom. The van der Waals surface area contributed by atoms with E-state index in [-0.39, 0.29) is 31.4 Å². The van der Waals surface area contributed by atoms with Crippen LogP contribution in [0.1, 0.15) is 28.0 Å². The molecule has 2 bridgehead atoms. The van der Waals surface area contributed by atoms with E-state index in [4.69, 9.17) is 0 Å². The van der Waals surface area contributed by atoms with Crippen LogP contribution < -0.4 is 21.3 Å². The zero-order valence-electron chi connectivity index (χ0n) is 31.8. The van der Waals surface area contributed by atoms with Gasteiger partial charge in [-0.2, -0.15) is 0 Å². The highest BCUT2D eigenvalue weighted by atomic mass is 32.1. The van der Waals surface area contributed by atoms with Gasteiger partial charge in [-0.15, -0.1) is 11.3 Å². The standard InChI is InChI=1S/C45H44N4O9S/c50-38-25-32(45(57)58)22-28-15-19-33(20-16-28)46-43(55)39(51)40(52)44(56)49-37(26-34-12-7-21-59-34)42(54)48-36(41(53)47-35(38)23-27-8-3-1-4-9-27)24-29-13-17-31(18-14-29)30-10-5-2-6-11-30/h1-21,32,35-37,39-40,51-52H,22-26H2,(H,46,55)(H,47,53)(H,48,54)(H,49,56)(H,57,58)/t32-,35-,36+,37-,39+,40+/m1/s1. The summed E-state index contributed by atoms with van der Waals surface area (Å²) in [6.45, 7) is 0. The molecule has 0 spiro atoms. The number of carboxylic acid groups (broad SMARTS) is 1. The summed E-state index contributed by atoms with van der Waals surface area (Å²) in [6.07, 6.45) is -5.10. The fraction of sp³-hybridized carbons (Fsp3) is 0.244. The predicted molar refractivity (Wildman–Crippen MR) is 221 cm³/mol. The van der Waals surface area contributed by atoms with E-state index in [1.54, 1.807) is 60.0 Å². The van der Waals surface area contributed by atoms with Crippen molar-refractivity contribution in [2.75, 3.05) is 5.32 Å². The number of thiophene rings is 1. The number of Topliss-reactive ketones (excluding diaryl/α,β-unsaturated/α-hetero) is 1. The van der Waals surface area contributed by atoms with Crippen molar-refractivity contribution in [3.8, 4) is 11.1 Å². The SMILES string of the molecule is O=C(O)[C@H]1CC(=O)[C@@H](Cc2ccccc2)NC(=O)[C@H](Cc2ccc(-c3ccccc3)cc2)NC(=O)[C@@H](Cc2cccs2)NC(=O)[C@@H](O)[C@H](O)C(=O)Nc2ccc(cc2)C1. The van der Waals surface area contributed by atoms with Crippen LogP contribution in [0.2, 0.25) is 0 Å². The number of fused-ring (bicyclic) bond motifs is 18. The number of benzene rings is 4. The molecule has 0 saturated carbocycles. The van der Waals surface area contributed by atoms with Crippen LogP contribution in [0, 0.1) is 5.92 Å². The molecular formula is C45H44N4O9S. The zero-order valence-corrected chi connectivity index (χ0v) is 32.6. The first-order chi connectivity index (χ1) is 28.4. The highest BCUT2D eigenvalue weighted by molar-refractivity contribution is 7.09. The fourth-order valence-corrected chi connectivity index (χ4v) is 7.54. The van der Waals surface area contributed by atoms with Crippen LogP contribution in [0.3, 0.4) is 0 Å². The number of carbonyl (C=O) groups is 6. The predicted octanol–water partition coefficient (Wildman–Crippen LogP) is 3.47. The summed E-state index contributed by atoms with van der Waals surface area (Å²) in [6, 6.07) is 31.5. The minimum absolute atomic E-state index is 0.0376. The summed E-state index contributed by atoms with van der Waals surface area (Å²) in [5.41, 5.74) is 3.95. The summed E-state index contributed by atoms with van der Waals surface area (Å²) in [4.78, 5) is 82.2. The lowest BCUT2D eigenvalue weighted by molar-refractivity contribution is -0.145. The molecule has 3 heterocycles. The topological polar surface area (TPSA) is 211 Å². The Bertz CT molecular complexity index is 2230. The second kappa shape index (κ2) is 19.8. The molecule has 2 aliphatic rings. The lowest BCUT2D eigenvalue weighted by atomic mass is 9.90. The third-order valence-corrected chi connectivity index (χ3v) is 11.0. The summed E-state index contributed by atoms with van der Waals surface area (Å²) >= 11 is 1.30. The first-order valence-corrected chi connectivity index (χ1v) is 19.9. The molecule has 7 rings (SSSR count). The number of aliphatic carboxylic acids is 1. The quantitative estimate of drug-likeness (QED) is 0.114. The van der Waals surface area contributed by atoms with Gasteiger partial charge < -0.3 is 36.6 Å². The largest absolute Gasteiger partial charge is 0.481 e. The molecule has 304 valence electrons. The summed E-state index contributed by atoms with van der Waals surface area (Å²) in [7, 11) is 0. The van der Waals surface area contributed by atoms with Crippen LogP contribution >= 0.6 is 11.3 Å². The highest BCUT2D eigenvalue weighted by Gasteiger charge is 2.36. The molecule has 6 atom stereocenters. The third-order valence-electron chi connectivity index (χ3n) is 10.1. The Morgan fingerprint density at radius 1 is 0.559 bits per heavy atom. The third kappa shape index (κ3) is 11.6. The maximum absolute atomic E-state index is 14.4. The van der Waals surface area contributed by atoms with Crippen LogP contribution in [0.15, 0.2) is 127 Å². The van der Waals surface area contributed by atoms with Crippen molar-refractivity contribution in [1.29, 1.82) is 0 Å². The molecule has 7 N–H and O–H groups in total. The van der Waals surface area contributed by atoms with Crippen LogP contribution in [-0.4, -0.2) is 81.0 Å². The van der Waals surface area contributed by atoms with E-state index in [0.717, 1.165) is 11.1 Å². The Labute approximate surface area is 344 Å². The first kappa shape index (κ1) is 42.1.